The van der Waals surface area contributed by atoms with Crippen LogP contribution in [0.5, 0.6) is 11.5 Å². The molecule has 0 fully saturated rings. The average molecular weight is 546 g/mol. The molecule has 0 aliphatic carbocycles. The van der Waals surface area contributed by atoms with Crippen molar-refractivity contribution in [3.8, 4) is 11.5 Å². The van der Waals surface area contributed by atoms with Gasteiger partial charge >= 0.3 is 12.0 Å². The van der Waals surface area contributed by atoms with Gasteiger partial charge in [-0.2, -0.15) is 5.10 Å². The normalized spacial score (nSPS) is 15.0. The molecule has 11 heteroatoms. The van der Waals surface area contributed by atoms with Gasteiger partial charge in [0.1, 0.15) is 0 Å². The molecule has 0 unspecified atom stereocenters. The van der Waals surface area contributed by atoms with Crippen LogP contribution < -0.4 is 25.5 Å². The van der Waals surface area contributed by atoms with Crippen molar-refractivity contribution in [2.24, 2.45) is 5.10 Å². The Hall–Kier alpha value is -5.06. The molecule has 40 heavy (non-hydrogen) atoms. The monoisotopic (exact) mass is 545 g/mol. The Labute approximate surface area is 231 Å². The van der Waals surface area contributed by atoms with Crippen molar-refractivity contribution in [3.05, 3.63) is 83.7 Å². The Morgan fingerprint density at radius 2 is 2.00 bits per heavy atom. The highest BCUT2D eigenvalue weighted by atomic mass is 16.5. The summed E-state index contributed by atoms with van der Waals surface area (Å²) in [5.74, 6) is -0.390. The Kier molecular flexibility index (Phi) is 8.85. The van der Waals surface area contributed by atoms with Crippen LogP contribution in [0.2, 0.25) is 0 Å². The number of urea groups is 1. The molecule has 0 saturated heterocycles. The molecule has 1 aliphatic rings. The van der Waals surface area contributed by atoms with Gasteiger partial charge in [-0.3, -0.25) is 4.79 Å². The van der Waals surface area contributed by atoms with Gasteiger partial charge in [0.15, 0.2) is 18.1 Å². The molecule has 3 aromatic rings. The first-order valence-corrected chi connectivity index (χ1v) is 12.6. The summed E-state index contributed by atoms with van der Waals surface area (Å²) in [6.07, 6.45) is 5.34. The molecule has 0 radical (unpaired) electrons. The van der Waals surface area contributed by atoms with Crippen molar-refractivity contribution in [3.63, 3.8) is 0 Å². The smallest absolute Gasteiger partial charge is 0.338 e. The summed E-state index contributed by atoms with van der Waals surface area (Å²) in [5.41, 5.74) is 5.62. The molecule has 1 aromatic heterocycles. The second-order valence-electron chi connectivity index (χ2n) is 8.83. The minimum Gasteiger partial charge on any atom is -0.493 e. The summed E-state index contributed by atoms with van der Waals surface area (Å²) in [6, 6.07) is 11.6. The lowest BCUT2D eigenvalue weighted by molar-refractivity contribution is -0.139. The molecule has 3 N–H and O–H groups in total. The van der Waals surface area contributed by atoms with E-state index in [9.17, 15) is 14.4 Å². The van der Waals surface area contributed by atoms with Crippen molar-refractivity contribution in [2.45, 2.75) is 26.4 Å². The molecule has 2 heterocycles. The summed E-state index contributed by atoms with van der Waals surface area (Å²) in [4.78, 5) is 37.1. The maximum Gasteiger partial charge on any atom is 0.338 e. The maximum atomic E-state index is 12.6. The Morgan fingerprint density at radius 3 is 2.75 bits per heavy atom. The number of amides is 3. The predicted molar refractivity (Wildman–Crippen MR) is 150 cm³/mol. The van der Waals surface area contributed by atoms with E-state index >= 15 is 0 Å². The summed E-state index contributed by atoms with van der Waals surface area (Å²) in [6.45, 7) is 7.66. The highest BCUT2D eigenvalue weighted by Crippen LogP contribution is 2.34. The van der Waals surface area contributed by atoms with Crippen molar-refractivity contribution >= 4 is 35.0 Å². The van der Waals surface area contributed by atoms with E-state index in [-0.39, 0.29) is 18.8 Å². The minimum atomic E-state index is -0.759. The molecule has 4 rings (SSSR count). The molecule has 1 atom stereocenters. The van der Waals surface area contributed by atoms with Crippen LogP contribution in [-0.4, -0.2) is 49.0 Å². The zero-order chi connectivity index (χ0) is 28.6. The van der Waals surface area contributed by atoms with Crippen LogP contribution in [0.4, 0.5) is 4.79 Å². The first-order chi connectivity index (χ1) is 19.4. The van der Waals surface area contributed by atoms with Gasteiger partial charge in [-0.05, 0) is 37.6 Å². The Morgan fingerprint density at radius 1 is 1.20 bits per heavy atom. The van der Waals surface area contributed by atoms with E-state index in [0.717, 1.165) is 16.5 Å². The molecular formula is C29H31N5O6. The van der Waals surface area contributed by atoms with Gasteiger partial charge in [0.2, 0.25) is 0 Å². The lowest BCUT2D eigenvalue weighted by Crippen LogP contribution is -2.45. The van der Waals surface area contributed by atoms with Crippen LogP contribution >= 0.6 is 0 Å². The number of rotatable bonds is 11. The Balaban J connectivity index is 1.43. The van der Waals surface area contributed by atoms with E-state index in [1.807, 2.05) is 41.1 Å². The molecule has 11 nitrogen and oxygen atoms in total. The van der Waals surface area contributed by atoms with Gasteiger partial charge < -0.3 is 29.4 Å². The number of hydrogen-bond donors (Lipinski definition) is 3. The second-order valence-corrected chi connectivity index (χ2v) is 8.83. The Bertz CT molecular complexity index is 1510. The molecule has 1 aliphatic heterocycles. The lowest BCUT2D eigenvalue weighted by atomic mass is 9.95. The summed E-state index contributed by atoms with van der Waals surface area (Å²) >= 11 is 0. The third-order valence-electron chi connectivity index (χ3n) is 6.18. The number of carbonyl (C=O) groups is 3. The molecule has 3 amide bonds. The number of methoxy groups -OCH3 is 1. The largest absolute Gasteiger partial charge is 0.493 e. The predicted octanol–water partition coefficient (Wildman–Crippen LogP) is 3.56. The van der Waals surface area contributed by atoms with Crippen molar-refractivity contribution in [1.82, 2.24) is 20.6 Å². The number of fused-ring (bicyclic) bond motifs is 1. The fraction of sp³-hybridized carbons (Fsp3) is 0.241. The van der Waals surface area contributed by atoms with Crippen LogP contribution in [0.25, 0.3) is 10.9 Å². The van der Waals surface area contributed by atoms with Crippen LogP contribution in [0.3, 0.4) is 0 Å². The van der Waals surface area contributed by atoms with Crippen LogP contribution in [-0.2, 0) is 20.9 Å². The number of nitrogens with one attached hydrogen (secondary N) is 3. The van der Waals surface area contributed by atoms with Crippen LogP contribution in [0.15, 0.2) is 77.7 Å². The highest BCUT2D eigenvalue weighted by Gasteiger charge is 2.32. The van der Waals surface area contributed by atoms with Crippen molar-refractivity contribution < 1.29 is 28.6 Å². The molecular weight excluding hydrogens is 514 g/mol. The first-order valence-electron chi connectivity index (χ1n) is 12.6. The van der Waals surface area contributed by atoms with E-state index in [1.165, 1.54) is 7.11 Å². The van der Waals surface area contributed by atoms with Crippen LogP contribution in [0, 0.1) is 0 Å². The van der Waals surface area contributed by atoms with E-state index in [0.29, 0.717) is 29.3 Å². The fourth-order valence-corrected chi connectivity index (χ4v) is 4.42. The van der Waals surface area contributed by atoms with Gasteiger partial charge in [-0.15, -0.1) is 6.58 Å². The number of aromatic nitrogens is 1. The first kappa shape index (κ1) is 28.0. The SMILES string of the molecule is C=CCn1cc(/C=N\NC(=O)COc2ccc([C@H]3NC(=O)NC(C)=C3C(=O)OCC)cc2OC)c2ccccc21. The fourth-order valence-electron chi connectivity index (χ4n) is 4.42. The van der Waals surface area contributed by atoms with Gasteiger partial charge in [-0.1, -0.05) is 30.3 Å². The van der Waals surface area contributed by atoms with E-state index in [4.69, 9.17) is 14.2 Å². The number of hydrogen-bond acceptors (Lipinski definition) is 7. The van der Waals surface area contributed by atoms with Gasteiger partial charge in [-0.25, -0.2) is 15.0 Å². The van der Waals surface area contributed by atoms with Crippen LogP contribution in [0.1, 0.15) is 31.0 Å². The highest BCUT2D eigenvalue weighted by molar-refractivity contribution is 5.99. The number of ether oxygens (including phenoxy) is 3. The number of allylic oxidation sites excluding steroid dienone is 2. The van der Waals surface area contributed by atoms with E-state index in [1.54, 1.807) is 38.3 Å². The standard InChI is InChI=1S/C29H31N5O6/c1-5-13-34-16-20(21-9-7-8-10-22(21)34)15-30-33-25(35)17-40-23-12-11-19(14-24(23)38-4)27-26(28(36)39-6-2)18(3)31-29(37)32-27/h5,7-12,14-16,27H,1,6,13,17H2,2-4H3,(H,33,35)(H2,31,32,37)/b30-15-/t27-/m1/s1. The lowest BCUT2D eigenvalue weighted by Gasteiger charge is -2.28. The number of benzene rings is 2. The van der Waals surface area contributed by atoms with Gasteiger partial charge in [0.25, 0.3) is 5.91 Å². The summed E-state index contributed by atoms with van der Waals surface area (Å²) in [7, 11) is 1.45. The average Bonchev–Trinajstić information content (AvgIpc) is 3.29. The van der Waals surface area contributed by atoms with Gasteiger partial charge in [0.05, 0.1) is 31.5 Å². The minimum absolute atomic E-state index is 0.192. The topological polar surface area (TPSA) is 132 Å². The maximum absolute atomic E-state index is 12.6. The molecule has 2 aromatic carbocycles. The second kappa shape index (κ2) is 12.7. The molecule has 208 valence electrons. The molecule has 0 spiro atoms. The third-order valence-corrected chi connectivity index (χ3v) is 6.18. The van der Waals surface area contributed by atoms with E-state index < -0.39 is 23.9 Å². The van der Waals surface area contributed by atoms with Crippen molar-refractivity contribution in [2.75, 3.05) is 20.3 Å². The molecule has 0 bridgehead atoms. The number of esters is 1. The molecule has 0 saturated carbocycles. The number of carbonyl (C=O) groups excluding carboxylic acids is 3. The number of hydrazone groups is 1. The summed E-state index contributed by atoms with van der Waals surface area (Å²) in [5, 5.41) is 10.4. The quantitative estimate of drug-likeness (QED) is 0.146. The number of nitrogens with zero attached hydrogens (tertiary/aromatic N) is 2. The number of para-hydroxylation sites is 1. The third kappa shape index (κ3) is 6.15. The zero-order valence-corrected chi connectivity index (χ0v) is 22.5. The summed E-state index contributed by atoms with van der Waals surface area (Å²) < 4.78 is 18.3. The van der Waals surface area contributed by atoms with Gasteiger partial charge in [0, 0.05) is 34.9 Å². The zero-order valence-electron chi connectivity index (χ0n) is 22.5. The van der Waals surface area contributed by atoms with E-state index in [2.05, 4.69) is 27.7 Å². The van der Waals surface area contributed by atoms with Crippen molar-refractivity contribution in [1.29, 1.82) is 0 Å².